The molecule has 0 radical (unpaired) electrons. The summed E-state index contributed by atoms with van der Waals surface area (Å²) in [6, 6.07) is 2.10. The molecule has 0 saturated carbocycles. The van der Waals surface area contributed by atoms with Crippen molar-refractivity contribution in [2.75, 3.05) is 20.2 Å². The van der Waals surface area contributed by atoms with Crippen LogP contribution in [0.1, 0.15) is 6.42 Å². The van der Waals surface area contributed by atoms with Gasteiger partial charge < -0.3 is 9.84 Å². The van der Waals surface area contributed by atoms with Gasteiger partial charge in [-0.1, -0.05) is 0 Å². The van der Waals surface area contributed by atoms with Gasteiger partial charge in [-0.3, -0.25) is 4.79 Å². The van der Waals surface area contributed by atoms with E-state index in [0.29, 0.717) is 0 Å². The average molecular weight is 382 g/mol. The molecule has 1 heterocycles. The molecular weight excluding hydrogens is 369 g/mol. The SMILES string of the molecule is COc1cc(Br)c(F)cc1S(=O)(=O)N1CCC(C(=O)O)C1. The Morgan fingerprint density at radius 3 is 2.71 bits per heavy atom. The van der Waals surface area contributed by atoms with E-state index in [0.717, 1.165) is 10.4 Å². The first-order chi connectivity index (χ1) is 9.77. The number of nitrogens with zero attached hydrogens (tertiary/aromatic N) is 1. The van der Waals surface area contributed by atoms with Gasteiger partial charge >= 0.3 is 5.97 Å². The Balaban J connectivity index is 2.41. The first-order valence-corrected chi connectivity index (χ1v) is 8.26. The molecule has 1 fully saturated rings. The van der Waals surface area contributed by atoms with E-state index in [9.17, 15) is 17.6 Å². The van der Waals surface area contributed by atoms with Crippen molar-refractivity contribution in [1.29, 1.82) is 0 Å². The van der Waals surface area contributed by atoms with Crippen molar-refractivity contribution in [2.45, 2.75) is 11.3 Å². The number of carboxylic acids is 1. The molecule has 9 heteroatoms. The third kappa shape index (κ3) is 3.04. The van der Waals surface area contributed by atoms with Crippen molar-refractivity contribution in [2.24, 2.45) is 5.92 Å². The minimum absolute atomic E-state index is 0.00190. The molecular formula is C12H13BrFNO5S. The van der Waals surface area contributed by atoms with Gasteiger partial charge in [-0.2, -0.15) is 4.31 Å². The lowest BCUT2D eigenvalue weighted by atomic mass is 10.1. The highest BCUT2D eigenvalue weighted by Gasteiger charge is 2.37. The number of aliphatic carboxylic acids is 1. The normalized spacial score (nSPS) is 19.7. The van der Waals surface area contributed by atoms with Crippen LogP contribution in [0.15, 0.2) is 21.5 Å². The molecule has 0 spiro atoms. The summed E-state index contributed by atoms with van der Waals surface area (Å²) in [5, 5.41) is 8.94. The van der Waals surface area contributed by atoms with Gasteiger partial charge in [0.2, 0.25) is 10.0 Å². The monoisotopic (exact) mass is 381 g/mol. The van der Waals surface area contributed by atoms with Gasteiger partial charge in [-0.25, -0.2) is 12.8 Å². The second-order valence-electron chi connectivity index (χ2n) is 4.60. The maximum absolute atomic E-state index is 13.6. The fourth-order valence-electron chi connectivity index (χ4n) is 2.16. The maximum Gasteiger partial charge on any atom is 0.307 e. The van der Waals surface area contributed by atoms with E-state index < -0.39 is 27.7 Å². The Hall–Kier alpha value is -1.19. The second-order valence-corrected chi connectivity index (χ2v) is 7.36. The van der Waals surface area contributed by atoms with Gasteiger partial charge in [0.25, 0.3) is 0 Å². The highest BCUT2D eigenvalue weighted by Crippen LogP contribution is 2.33. The minimum atomic E-state index is -4.00. The van der Waals surface area contributed by atoms with Crippen LogP contribution in [0.2, 0.25) is 0 Å². The molecule has 1 unspecified atom stereocenters. The van der Waals surface area contributed by atoms with Crippen molar-refractivity contribution in [3.8, 4) is 5.75 Å². The fourth-order valence-corrected chi connectivity index (χ4v) is 4.13. The number of carbonyl (C=O) groups is 1. The third-order valence-electron chi connectivity index (χ3n) is 3.32. The molecule has 6 nitrogen and oxygen atoms in total. The smallest absolute Gasteiger partial charge is 0.307 e. The minimum Gasteiger partial charge on any atom is -0.495 e. The maximum atomic E-state index is 13.6. The molecule has 21 heavy (non-hydrogen) atoms. The van der Waals surface area contributed by atoms with Crippen molar-refractivity contribution in [3.05, 3.63) is 22.4 Å². The average Bonchev–Trinajstić information content (AvgIpc) is 2.91. The summed E-state index contributed by atoms with van der Waals surface area (Å²) in [5.41, 5.74) is 0. The van der Waals surface area contributed by atoms with Crippen LogP contribution in [-0.4, -0.2) is 44.0 Å². The number of carboxylic acid groups (broad SMARTS) is 1. The number of benzene rings is 1. The number of rotatable bonds is 4. The highest BCUT2D eigenvalue weighted by atomic mass is 79.9. The first kappa shape index (κ1) is 16.2. The molecule has 1 aromatic carbocycles. The molecule has 1 N–H and O–H groups in total. The summed E-state index contributed by atoms with van der Waals surface area (Å²) < 4.78 is 44.8. The molecule has 1 aromatic rings. The molecule has 1 atom stereocenters. The zero-order chi connectivity index (χ0) is 15.8. The molecule has 1 aliphatic heterocycles. The standard InChI is InChI=1S/C12H13BrFNO5S/c1-20-10-4-8(13)9(14)5-11(10)21(18,19)15-3-2-7(6-15)12(16)17/h4-5,7H,2-3,6H2,1H3,(H,16,17). The van der Waals surface area contributed by atoms with Crippen molar-refractivity contribution < 1.29 is 27.4 Å². The second kappa shape index (κ2) is 5.90. The summed E-state index contributed by atoms with van der Waals surface area (Å²) in [5.74, 6) is -2.52. The molecule has 116 valence electrons. The molecule has 1 saturated heterocycles. The van der Waals surface area contributed by atoms with Crippen LogP contribution in [0, 0.1) is 11.7 Å². The Kier molecular flexibility index (Phi) is 4.54. The topological polar surface area (TPSA) is 83.9 Å². The quantitative estimate of drug-likeness (QED) is 0.857. The van der Waals surface area contributed by atoms with Crippen LogP contribution < -0.4 is 4.74 Å². The van der Waals surface area contributed by atoms with Crippen molar-refractivity contribution in [3.63, 3.8) is 0 Å². The van der Waals surface area contributed by atoms with E-state index in [1.54, 1.807) is 0 Å². The summed E-state index contributed by atoms with van der Waals surface area (Å²) in [6.07, 6.45) is 0.232. The van der Waals surface area contributed by atoms with E-state index in [1.165, 1.54) is 13.2 Å². The highest BCUT2D eigenvalue weighted by molar-refractivity contribution is 9.10. The molecule has 2 rings (SSSR count). The fraction of sp³-hybridized carbons (Fsp3) is 0.417. The zero-order valence-corrected chi connectivity index (χ0v) is 13.4. The van der Waals surface area contributed by atoms with E-state index in [1.807, 2.05) is 0 Å². The van der Waals surface area contributed by atoms with Gasteiger partial charge in [-0.15, -0.1) is 0 Å². The lowest BCUT2D eigenvalue weighted by Gasteiger charge is -2.18. The molecule has 0 bridgehead atoms. The van der Waals surface area contributed by atoms with Crippen molar-refractivity contribution >= 4 is 31.9 Å². The number of methoxy groups -OCH3 is 1. The zero-order valence-electron chi connectivity index (χ0n) is 11.0. The Labute approximate surface area is 129 Å². The van der Waals surface area contributed by atoms with E-state index in [4.69, 9.17) is 9.84 Å². The van der Waals surface area contributed by atoms with Crippen molar-refractivity contribution in [1.82, 2.24) is 4.31 Å². The summed E-state index contributed by atoms with van der Waals surface area (Å²) in [7, 11) is -2.72. The lowest BCUT2D eigenvalue weighted by molar-refractivity contribution is -0.141. The Bertz CT molecular complexity index is 678. The van der Waals surface area contributed by atoms with Gasteiger partial charge in [0.05, 0.1) is 17.5 Å². The van der Waals surface area contributed by atoms with E-state index >= 15 is 0 Å². The molecule has 0 amide bonds. The summed E-state index contributed by atoms with van der Waals surface area (Å²) in [6.45, 7) is -0.0430. The van der Waals surface area contributed by atoms with Crippen LogP contribution in [0.5, 0.6) is 5.75 Å². The Morgan fingerprint density at radius 1 is 1.52 bits per heavy atom. The first-order valence-electron chi connectivity index (χ1n) is 6.03. The molecule has 0 aromatic heterocycles. The lowest BCUT2D eigenvalue weighted by Crippen LogP contribution is -2.30. The van der Waals surface area contributed by atoms with E-state index in [-0.39, 0.29) is 34.6 Å². The number of sulfonamides is 1. The van der Waals surface area contributed by atoms with Gasteiger partial charge in [-0.05, 0) is 34.5 Å². The van der Waals surface area contributed by atoms with Crippen LogP contribution in [0.4, 0.5) is 4.39 Å². The number of hydrogen-bond acceptors (Lipinski definition) is 4. The van der Waals surface area contributed by atoms with E-state index in [2.05, 4.69) is 15.9 Å². The summed E-state index contributed by atoms with van der Waals surface area (Å²) in [4.78, 5) is 10.6. The molecule has 1 aliphatic rings. The number of hydrogen-bond donors (Lipinski definition) is 1. The van der Waals surface area contributed by atoms with Gasteiger partial charge in [0, 0.05) is 13.1 Å². The largest absolute Gasteiger partial charge is 0.495 e. The number of halogens is 2. The van der Waals surface area contributed by atoms with Crippen LogP contribution in [0.3, 0.4) is 0 Å². The van der Waals surface area contributed by atoms with Crippen LogP contribution in [-0.2, 0) is 14.8 Å². The van der Waals surface area contributed by atoms with Crippen LogP contribution >= 0.6 is 15.9 Å². The Morgan fingerprint density at radius 2 is 2.19 bits per heavy atom. The molecule has 0 aliphatic carbocycles. The predicted molar refractivity (Wildman–Crippen MR) is 75.2 cm³/mol. The van der Waals surface area contributed by atoms with Gasteiger partial charge in [0.1, 0.15) is 16.5 Å². The third-order valence-corrected chi connectivity index (χ3v) is 5.82. The van der Waals surface area contributed by atoms with Crippen LogP contribution in [0.25, 0.3) is 0 Å². The van der Waals surface area contributed by atoms with Gasteiger partial charge in [0.15, 0.2) is 0 Å². The predicted octanol–water partition coefficient (Wildman–Crippen LogP) is 1.69. The number of ether oxygens (including phenoxy) is 1. The summed E-state index contributed by atoms with van der Waals surface area (Å²) >= 11 is 2.96.